The average molecular weight is 355 g/mol. The Hall–Kier alpha value is -0.100. The van der Waals surface area contributed by atoms with Crippen LogP contribution in [0.1, 0.15) is 17.3 Å². The number of ketones is 1. The van der Waals surface area contributed by atoms with E-state index in [1.807, 2.05) is 22.6 Å². The topological polar surface area (TPSA) is 37.3 Å². The third kappa shape index (κ3) is 2.43. The summed E-state index contributed by atoms with van der Waals surface area (Å²) >= 11 is 5.16. The van der Waals surface area contributed by atoms with E-state index in [4.69, 9.17) is 0 Å². The Kier molecular flexibility index (Phi) is 3.73. The molecule has 2 nitrogen and oxygen atoms in total. The number of phenolic OH excluding ortho intramolecular Hbond substituents is 1. The van der Waals surface area contributed by atoms with Gasteiger partial charge in [-0.1, -0.05) is 28.1 Å². The standard InChI is InChI=1S/C9H8BrIO2/c1-5(10)9(13)6-3-2-4-7(12)8(6)11/h2-5,12H,1H3. The van der Waals surface area contributed by atoms with Gasteiger partial charge in [-0.05, 0) is 35.6 Å². The molecular weight excluding hydrogens is 347 g/mol. The summed E-state index contributed by atoms with van der Waals surface area (Å²) in [5.74, 6) is 0.139. The maximum absolute atomic E-state index is 11.6. The van der Waals surface area contributed by atoms with Crippen molar-refractivity contribution in [3.8, 4) is 5.75 Å². The fourth-order valence-corrected chi connectivity index (χ4v) is 1.80. The molecule has 1 aromatic rings. The zero-order valence-corrected chi connectivity index (χ0v) is 10.7. The van der Waals surface area contributed by atoms with Crippen LogP contribution in [0.15, 0.2) is 18.2 Å². The second-order valence-electron chi connectivity index (χ2n) is 2.62. The summed E-state index contributed by atoms with van der Waals surface area (Å²) in [6, 6.07) is 4.94. The van der Waals surface area contributed by atoms with E-state index < -0.39 is 0 Å². The molecule has 13 heavy (non-hydrogen) atoms. The van der Waals surface area contributed by atoms with Crippen molar-refractivity contribution in [2.45, 2.75) is 11.8 Å². The average Bonchev–Trinajstić information content (AvgIpc) is 2.08. The third-order valence-electron chi connectivity index (χ3n) is 1.61. The summed E-state index contributed by atoms with van der Waals surface area (Å²) < 4.78 is 0.608. The molecule has 0 fully saturated rings. The number of carbonyl (C=O) groups excluding carboxylic acids is 1. The molecule has 0 aliphatic carbocycles. The Labute approximate surface area is 98.6 Å². The normalized spacial score (nSPS) is 12.5. The van der Waals surface area contributed by atoms with Crippen LogP contribution in [0.4, 0.5) is 0 Å². The summed E-state index contributed by atoms with van der Waals surface area (Å²) in [4.78, 5) is 11.3. The molecule has 0 aromatic heterocycles. The highest BCUT2D eigenvalue weighted by molar-refractivity contribution is 14.1. The Balaban J connectivity index is 3.15. The predicted octanol–water partition coefficient (Wildman–Crippen LogP) is 2.96. The van der Waals surface area contributed by atoms with Gasteiger partial charge in [-0.3, -0.25) is 4.79 Å². The number of aromatic hydroxyl groups is 1. The number of benzene rings is 1. The molecular formula is C9H8BrIO2. The van der Waals surface area contributed by atoms with Gasteiger partial charge in [0.2, 0.25) is 0 Å². The van der Waals surface area contributed by atoms with Crippen molar-refractivity contribution in [3.05, 3.63) is 27.3 Å². The van der Waals surface area contributed by atoms with Crippen molar-refractivity contribution in [3.63, 3.8) is 0 Å². The lowest BCUT2D eigenvalue weighted by Crippen LogP contribution is -2.11. The SMILES string of the molecule is CC(Br)C(=O)c1cccc(O)c1I. The molecule has 0 heterocycles. The van der Waals surface area contributed by atoms with E-state index in [0.29, 0.717) is 9.13 Å². The summed E-state index contributed by atoms with van der Waals surface area (Å²) in [6.07, 6.45) is 0. The molecule has 0 spiro atoms. The van der Waals surface area contributed by atoms with Crippen molar-refractivity contribution >= 4 is 44.3 Å². The fraction of sp³-hybridized carbons (Fsp3) is 0.222. The number of phenols is 1. The lowest BCUT2D eigenvalue weighted by Gasteiger charge is -2.06. The van der Waals surface area contributed by atoms with E-state index >= 15 is 0 Å². The van der Waals surface area contributed by atoms with Crippen LogP contribution in [0.3, 0.4) is 0 Å². The molecule has 0 saturated carbocycles. The highest BCUT2D eigenvalue weighted by Gasteiger charge is 2.16. The van der Waals surface area contributed by atoms with Crippen molar-refractivity contribution in [2.75, 3.05) is 0 Å². The van der Waals surface area contributed by atoms with E-state index in [-0.39, 0.29) is 16.4 Å². The van der Waals surface area contributed by atoms with E-state index in [0.717, 1.165) is 0 Å². The number of alkyl halides is 1. The van der Waals surface area contributed by atoms with Crippen LogP contribution < -0.4 is 0 Å². The lowest BCUT2D eigenvalue weighted by atomic mass is 10.1. The summed E-state index contributed by atoms with van der Waals surface area (Å²) in [6.45, 7) is 1.77. The molecule has 1 atom stereocenters. The van der Waals surface area contributed by atoms with Crippen molar-refractivity contribution in [1.29, 1.82) is 0 Å². The monoisotopic (exact) mass is 354 g/mol. The summed E-state index contributed by atoms with van der Waals surface area (Å²) in [7, 11) is 0. The fourth-order valence-electron chi connectivity index (χ4n) is 0.924. The second-order valence-corrected chi connectivity index (χ2v) is 5.07. The number of Topliss-reactive ketones (excluding diaryl/α,β-unsaturated/α-hetero) is 1. The molecule has 0 aliphatic heterocycles. The molecule has 70 valence electrons. The first-order valence-corrected chi connectivity index (χ1v) is 5.69. The first-order chi connectivity index (χ1) is 6.04. The predicted molar refractivity (Wildman–Crippen MR) is 63.5 cm³/mol. The molecule has 0 saturated heterocycles. The largest absolute Gasteiger partial charge is 0.507 e. The van der Waals surface area contributed by atoms with Crippen LogP contribution in [-0.4, -0.2) is 15.7 Å². The molecule has 0 aliphatic rings. The first-order valence-electron chi connectivity index (χ1n) is 3.69. The number of hydrogen-bond acceptors (Lipinski definition) is 2. The molecule has 0 bridgehead atoms. The zero-order valence-electron chi connectivity index (χ0n) is 6.92. The molecule has 0 radical (unpaired) electrons. The van der Waals surface area contributed by atoms with Gasteiger partial charge in [0.25, 0.3) is 0 Å². The summed E-state index contributed by atoms with van der Waals surface area (Å²) in [5, 5.41) is 9.36. The zero-order chi connectivity index (χ0) is 10.0. The lowest BCUT2D eigenvalue weighted by molar-refractivity contribution is 0.0994. The van der Waals surface area contributed by atoms with E-state index in [2.05, 4.69) is 15.9 Å². The smallest absolute Gasteiger partial charge is 0.177 e. The van der Waals surface area contributed by atoms with Crippen molar-refractivity contribution in [1.82, 2.24) is 0 Å². The number of hydrogen-bond donors (Lipinski definition) is 1. The quantitative estimate of drug-likeness (QED) is 0.503. The van der Waals surface area contributed by atoms with Crippen LogP contribution in [-0.2, 0) is 0 Å². The molecule has 1 unspecified atom stereocenters. The minimum atomic E-state index is -0.220. The number of carbonyl (C=O) groups is 1. The number of halogens is 2. The molecule has 0 amide bonds. The van der Waals surface area contributed by atoms with E-state index in [1.54, 1.807) is 25.1 Å². The molecule has 1 aromatic carbocycles. The Morgan fingerprint density at radius 1 is 1.62 bits per heavy atom. The third-order valence-corrected chi connectivity index (χ3v) is 3.15. The van der Waals surface area contributed by atoms with Gasteiger partial charge in [-0.25, -0.2) is 0 Å². The first kappa shape index (κ1) is 11.0. The van der Waals surface area contributed by atoms with Gasteiger partial charge >= 0.3 is 0 Å². The maximum Gasteiger partial charge on any atom is 0.177 e. The van der Waals surface area contributed by atoms with Gasteiger partial charge in [0.15, 0.2) is 5.78 Å². The maximum atomic E-state index is 11.6. The minimum Gasteiger partial charge on any atom is -0.507 e. The van der Waals surface area contributed by atoms with Crippen molar-refractivity contribution < 1.29 is 9.90 Å². The Morgan fingerprint density at radius 2 is 2.23 bits per heavy atom. The van der Waals surface area contributed by atoms with Crippen molar-refractivity contribution in [2.24, 2.45) is 0 Å². The van der Waals surface area contributed by atoms with Gasteiger partial charge in [0.1, 0.15) is 5.75 Å². The molecule has 1 rings (SSSR count). The van der Waals surface area contributed by atoms with Crippen LogP contribution >= 0.6 is 38.5 Å². The molecule has 1 N–H and O–H groups in total. The van der Waals surface area contributed by atoms with Crippen LogP contribution in [0, 0.1) is 3.57 Å². The number of rotatable bonds is 2. The minimum absolute atomic E-state index is 0.0136. The van der Waals surface area contributed by atoms with Gasteiger partial charge in [0, 0.05) is 5.56 Å². The highest BCUT2D eigenvalue weighted by Crippen LogP contribution is 2.24. The van der Waals surface area contributed by atoms with Crippen LogP contribution in [0.25, 0.3) is 0 Å². The van der Waals surface area contributed by atoms with Crippen LogP contribution in [0.5, 0.6) is 5.75 Å². The Morgan fingerprint density at radius 3 is 2.77 bits per heavy atom. The van der Waals surface area contributed by atoms with Crippen LogP contribution in [0.2, 0.25) is 0 Å². The Bertz CT molecular complexity index is 336. The molecule has 4 heteroatoms. The van der Waals surface area contributed by atoms with Gasteiger partial charge in [0.05, 0.1) is 8.40 Å². The van der Waals surface area contributed by atoms with E-state index in [1.165, 1.54) is 0 Å². The van der Waals surface area contributed by atoms with Gasteiger partial charge in [-0.15, -0.1) is 0 Å². The summed E-state index contributed by atoms with van der Waals surface area (Å²) in [5.41, 5.74) is 0.560. The highest BCUT2D eigenvalue weighted by atomic mass is 127. The van der Waals surface area contributed by atoms with Gasteiger partial charge < -0.3 is 5.11 Å². The van der Waals surface area contributed by atoms with E-state index in [9.17, 15) is 9.90 Å². The van der Waals surface area contributed by atoms with Gasteiger partial charge in [-0.2, -0.15) is 0 Å². The second kappa shape index (κ2) is 4.41.